The molecule has 2 fully saturated rings. The summed E-state index contributed by atoms with van der Waals surface area (Å²) in [6.07, 6.45) is 1.80. The Hall–Kier alpha value is -0.950. The Labute approximate surface area is 132 Å². The summed E-state index contributed by atoms with van der Waals surface area (Å²) in [5.74, 6) is -0.385. The summed E-state index contributed by atoms with van der Waals surface area (Å²) in [5, 5.41) is 8.05. The van der Waals surface area contributed by atoms with Crippen molar-refractivity contribution in [1.82, 2.24) is 15.1 Å². The highest BCUT2D eigenvalue weighted by atomic mass is 16.7. The molecule has 124 valence electrons. The maximum absolute atomic E-state index is 6.13. The van der Waals surface area contributed by atoms with Crippen molar-refractivity contribution in [2.45, 2.75) is 58.6 Å². The van der Waals surface area contributed by atoms with Gasteiger partial charge in [0, 0.05) is 43.7 Å². The molecule has 0 bridgehead atoms. The van der Waals surface area contributed by atoms with Crippen LogP contribution in [0.4, 0.5) is 0 Å². The molecule has 6 heteroatoms. The first kappa shape index (κ1) is 15.9. The molecule has 2 aliphatic heterocycles. The Morgan fingerprint density at radius 1 is 1.32 bits per heavy atom. The standard InChI is InChI=1S/C16H27N3O3/c1-4-19-13(3)15(12(2)18-19)10-17-9-14-11-21-16(22-14)5-7-20-8-6-16/h14,17H,4-11H2,1-3H3/t14-/m1/s1. The fraction of sp³-hybridized carbons (Fsp3) is 0.812. The van der Waals surface area contributed by atoms with Crippen molar-refractivity contribution in [1.29, 1.82) is 0 Å². The third kappa shape index (κ3) is 3.20. The van der Waals surface area contributed by atoms with Crippen molar-refractivity contribution in [2.24, 2.45) is 0 Å². The highest BCUT2D eigenvalue weighted by Crippen LogP contribution is 2.33. The Balaban J connectivity index is 1.49. The van der Waals surface area contributed by atoms with Gasteiger partial charge in [-0.15, -0.1) is 0 Å². The summed E-state index contributed by atoms with van der Waals surface area (Å²) in [4.78, 5) is 0. The van der Waals surface area contributed by atoms with E-state index in [1.165, 1.54) is 11.3 Å². The topological polar surface area (TPSA) is 57.5 Å². The van der Waals surface area contributed by atoms with Crippen molar-refractivity contribution in [3.05, 3.63) is 17.0 Å². The molecule has 2 saturated heterocycles. The van der Waals surface area contributed by atoms with Gasteiger partial charge in [-0.3, -0.25) is 4.68 Å². The Bertz CT molecular complexity index is 509. The predicted molar refractivity (Wildman–Crippen MR) is 82.7 cm³/mol. The van der Waals surface area contributed by atoms with E-state index in [-0.39, 0.29) is 11.9 Å². The van der Waals surface area contributed by atoms with Crippen molar-refractivity contribution >= 4 is 0 Å². The second-order valence-corrected chi connectivity index (χ2v) is 6.17. The van der Waals surface area contributed by atoms with Gasteiger partial charge >= 0.3 is 0 Å². The number of nitrogens with one attached hydrogen (secondary N) is 1. The zero-order chi connectivity index (χ0) is 15.6. The summed E-state index contributed by atoms with van der Waals surface area (Å²) < 4.78 is 19.5. The van der Waals surface area contributed by atoms with Crippen LogP contribution in [0.2, 0.25) is 0 Å². The Kier molecular flexibility index (Phi) is 4.82. The number of ether oxygens (including phenoxy) is 3. The second-order valence-electron chi connectivity index (χ2n) is 6.17. The number of aromatic nitrogens is 2. The summed E-state index contributed by atoms with van der Waals surface area (Å²) in [7, 11) is 0. The number of rotatable bonds is 5. The summed E-state index contributed by atoms with van der Waals surface area (Å²) >= 11 is 0. The third-order valence-electron chi connectivity index (χ3n) is 4.67. The van der Waals surface area contributed by atoms with Crippen LogP contribution in [0, 0.1) is 13.8 Å². The predicted octanol–water partition coefficient (Wildman–Crippen LogP) is 1.53. The summed E-state index contributed by atoms with van der Waals surface area (Å²) in [6, 6.07) is 0. The largest absolute Gasteiger partial charge is 0.381 e. The Morgan fingerprint density at radius 2 is 2.09 bits per heavy atom. The first-order valence-corrected chi connectivity index (χ1v) is 8.26. The van der Waals surface area contributed by atoms with Gasteiger partial charge in [0.05, 0.1) is 31.6 Å². The average molecular weight is 309 g/mol. The van der Waals surface area contributed by atoms with E-state index in [2.05, 4.69) is 35.9 Å². The van der Waals surface area contributed by atoms with Gasteiger partial charge in [-0.2, -0.15) is 5.10 Å². The zero-order valence-corrected chi connectivity index (χ0v) is 13.9. The van der Waals surface area contributed by atoms with E-state index < -0.39 is 0 Å². The zero-order valence-electron chi connectivity index (χ0n) is 13.9. The van der Waals surface area contributed by atoms with E-state index in [0.29, 0.717) is 6.61 Å². The average Bonchev–Trinajstić information content (AvgIpc) is 3.03. The lowest BCUT2D eigenvalue weighted by Gasteiger charge is -2.31. The fourth-order valence-corrected chi connectivity index (χ4v) is 3.32. The van der Waals surface area contributed by atoms with Crippen LogP contribution in [0.25, 0.3) is 0 Å². The normalized spacial score (nSPS) is 24.2. The quantitative estimate of drug-likeness (QED) is 0.894. The molecular weight excluding hydrogens is 282 g/mol. The molecule has 1 spiro atoms. The molecular formula is C16H27N3O3. The van der Waals surface area contributed by atoms with Crippen LogP contribution < -0.4 is 5.32 Å². The SMILES string of the molecule is CCn1nc(C)c(CNC[C@@H]2COC3(CCOCC3)O2)c1C. The molecule has 0 aliphatic carbocycles. The van der Waals surface area contributed by atoms with Crippen LogP contribution in [0.15, 0.2) is 0 Å². The van der Waals surface area contributed by atoms with E-state index >= 15 is 0 Å². The second kappa shape index (κ2) is 6.66. The van der Waals surface area contributed by atoms with Gasteiger partial charge in [-0.1, -0.05) is 0 Å². The van der Waals surface area contributed by atoms with E-state index in [4.69, 9.17) is 14.2 Å². The lowest BCUT2D eigenvalue weighted by molar-refractivity contribution is -0.210. The number of aryl methyl sites for hydroxylation is 2. The number of nitrogens with zero attached hydrogens (tertiary/aromatic N) is 2. The van der Waals surface area contributed by atoms with Crippen LogP contribution in [0.3, 0.4) is 0 Å². The molecule has 2 aliphatic rings. The van der Waals surface area contributed by atoms with E-state index in [9.17, 15) is 0 Å². The van der Waals surface area contributed by atoms with E-state index in [0.717, 1.165) is 51.4 Å². The first-order valence-electron chi connectivity index (χ1n) is 8.26. The van der Waals surface area contributed by atoms with Crippen LogP contribution in [0.5, 0.6) is 0 Å². The number of hydrogen-bond donors (Lipinski definition) is 1. The molecule has 1 N–H and O–H groups in total. The minimum absolute atomic E-state index is 0.125. The van der Waals surface area contributed by atoms with Crippen LogP contribution >= 0.6 is 0 Å². The van der Waals surface area contributed by atoms with Crippen LogP contribution in [-0.4, -0.2) is 48.0 Å². The molecule has 1 aromatic rings. The van der Waals surface area contributed by atoms with Gasteiger partial charge in [0.25, 0.3) is 0 Å². The number of hydrogen-bond acceptors (Lipinski definition) is 5. The first-order chi connectivity index (χ1) is 10.6. The molecule has 22 heavy (non-hydrogen) atoms. The van der Waals surface area contributed by atoms with E-state index in [1.807, 2.05) is 0 Å². The van der Waals surface area contributed by atoms with Gasteiger partial charge in [-0.05, 0) is 20.8 Å². The molecule has 0 unspecified atom stereocenters. The lowest BCUT2D eigenvalue weighted by atomic mass is 10.1. The van der Waals surface area contributed by atoms with Gasteiger partial charge in [0.2, 0.25) is 0 Å². The minimum Gasteiger partial charge on any atom is -0.381 e. The van der Waals surface area contributed by atoms with Crippen LogP contribution in [-0.2, 0) is 27.3 Å². The van der Waals surface area contributed by atoms with Gasteiger partial charge in [-0.25, -0.2) is 0 Å². The van der Waals surface area contributed by atoms with Gasteiger partial charge in [0.15, 0.2) is 5.79 Å². The molecule has 1 aromatic heterocycles. The van der Waals surface area contributed by atoms with E-state index in [1.54, 1.807) is 0 Å². The maximum atomic E-state index is 6.13. The maximum Gasteiger partial charge on any atom is 0.173 e. The molecule has 0 amide bonds. The Morgan fingerprint density at radius 3 is 2.77 bits per heavy atom. The monoisotopic (exact) mass is 309 g/mol. The van der Waals surface area contributed by atoms with Crippen molar-refractivity contribution in [3.63, 3.8) is 0 Å². The highest BCUT2D eigenvalue weighted by Gasteiger charge is 2.42. The molecule has 1 atom stereocenters. The summed E-state index contributed by atoms with van der Waals surface area (Å²) in [5.41, 5.74) is 3.65. The molecule has 6 nitrogen and oxygen atoms in total. The highest BCUT2D eigenvalue weighted by molar-refractivity contribution is 5.24. The van der Waals surface area contributed by atoms with Crippen molar-refractivity contribution in [3.8, 4) is 0 Å². The molecule has 3 rings (SSSR count). The molecule has 0 aromatic carbocycles. The minimum atomic E-state index is -0.385. The molecule has 3 heterocycles. The van der Waals surface area contributed by atoms with Gasteiger partial charge in [0.1, 0.15) is 0 Å². The third-order valence-corrected chi connectivity index (χ3v) is 4.67. The molecule has 0 radical (unpaired) electrons. The smallest absolute Gasteiger partial charge is 0.173 e. The summed E-state index contributed by atoms with van der Waals surface area (Å²) in [6.45, 7) is 11.0. The fourth-order valence-electron chi connectivity index (χ4n) is 3.32. The van der Waals surface area contributed by atoms with Gasteiger partial charge < -0.3 is 19.5 Å². The van der Waals surface area contributed by atoms with Crippen molar-refractivity contribution in [2.75, 3.05) is 26.4 Å². The van der Waals surface area contributed by atoms with Crippen LogP contribution in [0.1, 0.15) is 36.7 Å². The molecule has 0 saturated carbocycles. The lowest BCUT2D eigenvalue weighted by Crippen LogP contribution is -2.39. The van der Waals surface area contributed by atoms with Crippen molar-refractivity contribution < 1.29 is 14.2 Å².